The van der Waals surface area contributed by atoms with Crippen LogP contribution in [-0.2, 0) is 4.79 Å². The van der Waals surface area contributed by atoms with Crippen LogP contribution in [0.5, 0.6) is 5.75 Å². The van der Waals surface area contributed by atoms with E-state index in [1.807, 2.05) is 13.8 Å². The van der Waals surface area contributed by atoms with E-state index in [0.29, 0.717) is 0 Å². The van der Waals surface area contributed by atoms with Gasteiger partial charge in [0.1, 0.15) is 5.56 Å². The van der Waals surface area contributed by atoms with E-state index in [1.54, 1.807) is 7.05 Å². The topological polar surface area (TPSA) is 92.9 Å². The van der Waals surface area contributed by atoms with Crippen molar-refractivity contribution in [2.75, 3.05) is 19.4 Å². The predicted molar refractivity (Wildman–Crippen MR) is 71.2 cm³/mol. The molecule has 6 nitrogen and oxygen atoms in total. The first-order valence-electron chi connectivity index (χ1n) is 5.84. The van der Waals surface area contributed by atoms with Crippen molar-refractivity contribution in [3.8, 4) is 5.75 Å². The molecule has 0 bridgehead atoms. The van der Waals surface area contributed by atoms with Gasteiger partial charge in [0.25, 0.3) is 5.91 Å². The number of anilines is 1. The lowest BCUT2D eigenvalue weighted by atomic mass is 10.2. The summed E-state index contributed by atoms with van der Waals surface area (Å²) >= 11 is 0. The van der Waals surface area contributed by atoms with Crippen LogP contribution in [0.1, 0.15) is 24.2 Å². The smallest absolute Gasteiger partial charge is 0.339 e. The van der Waals surface area contributed by atoms with Crippen molar-refractivity contribution in [2.45, 2.75) is 19.9 Å². The maximum atomic E-state index is 11.8. The van der Waals surface area contributed by atoms with Crippen molar-refractivity contribution >= 4 is 17.6 Å². The van der Waals surface area contributed by atoms with Crippen molar-refractivity contribution < 1.29 is 19.4 Å². The average molecular weight is 266 g/mol. The largest absolute Gasteiger partial charge is 0.481 e. The number of benzene rings is 1. The van der Waals surface area contributed by atoms with E-state index >= 15 is 0 Å². The average Bonchev–Trinajstić information content (AvgIpc) is 2.35. The number of carboxylic acids is 1. The second kappa shape index (κ2) is 6.08. The Morgan fingerprint density at radius 3 is 2.58 bits per heavy atom. The molecular weight excluding hydrogens is 248 g/mol. The summed E-state index contributed by atoms with van der Waals surface area (Å²) in [5.41, 5.74) is 5.81. The van der Waals surface area contributed by atoms with Crippen LogP contribution < -0.4 is 10.5 Å². The molecule has 0 heterocycles. The molecular formula is C13H18N2O4. The van der Waals surface area contributed by atoms with Gasteiger partial charge in [-0.05, 0) is 26.0 Å². The molecule has 0 atom stereocenters. The third-order valence-corrected chi connectivity index (χ3v) is 2.78. The van der Waals surface area contributed by atoms with Crippen LogP contribution in [0.15, 0.2) is 18.2 Å². The number of para-hydroxylation sites is 1. The van der Waals surface area contributed by atoms with Gasteiger partial charge >= 0.3 is 5.97 Å². The highest BCUT2D eigenvalue weighted by Gasteiger charge is 2.17. The Labute approximate surface area is 111 Å². The molecule has 19 heavy (non-hydrogen) atoms. The highest BCUT2D eigenvalue weighted by Crippen LogP contribution is 2.26. The zero-order chi connectivity index (χ0) is 14.6. The molecule has 104 valence electrons. The fourth-order valence-electron chi connectivity index (χ4n) is 1.41. The minimum Gasteiger partial charge on any atom is -0.481 e. The van der Waals surface area contributed by atoms with Gasteiger partial charge in [-0.25, -0.2) is 4.79 Å². The molecule has 0 aliphatic rings. The van der Waals surface area contributed by atoms with Crippen molar-refractivity contribution in [2.24, 2.45) is 0 Å². The number of carbonyl (C=O) groups excluding carboxylic acids is 1. The Bertz CT molecular complexity index is 486. The first-order chi connectivity index (χ1) is 8.84. The molecule has 0 saturated heterocycles. The summed E-state index contributed by atoms with van der Waals surface area (Å²) in [6.07, 6.45) is 0. The Kier molecular flexibility index (Phi) is 4.74. The Balaban J connectivity index is 2.84. The Morgan fingerprint density at radius 1 is 1.42 bits per heavy atom. The third-order valence-electron chi connectivity index (χ3n) is 2.78. The molecule has 0 spiro atoms. The molecule has 0 saturated carbocycles. The van der Waals surface area contributed by atoms with E-state index in [-0.39, 0.29) is 35.6 Å². The number of nitrogens with zero attached hydrogens (tertiary/aromatic N) is 1. The van der Waals surface area contributed by atoms with Gasteiger partial charge in [-0.2, -0.15) is 0 Å². The molecule has 1 aromatic rings. The third kappa shape index (κ3) is 3.61. The van der Waals surface area contributed by atoms with Crippen LogP contribution in [0.25, 0.3) is 0 Å². The van der Waals surface area contributed by atoms with Crippen LogP contribution in [0.2, 0.25) is 0 Å². The summed E-state index contributed by atoms with van der Waals surface area (Å²) in [7, 11) is 1.66. The van der Waals surface area contributed by atoms with Gasteiger partial charge in [0.15, 0.2) is 12.4 Å². The summed E-state index contributed by atoms with van der Waals surface area (Å²) in [6, 6.07) is 4.47. The summed E-state index contributed by atoms with van der Waals surface area (Å²) in [6.45, 7) is 3.50. The quantitative estimate of drug-likeness (QED) is 0.781. The maximum absolute atomic E-state index is 11.8. The Morgan fingerprint density at radius 2 is 2.05 bits per heavy atom. The fourth-order valence-corrected chi connectivity index (χ4v) is 1.41. The predicted octanol–water partition coefficient (Wildman–Crippen LogP) is 1.21. The van der Waals surface area contributed by atoms with E-state index in [2.05, 4.69) is 0 Å². The number of nitrogens with two attached hydrogens (primary N) is 1. The van der Waals surface area contributed by atoms with Gasteiger partial charge < -0.3 is 20.5 Å². The van der Waals surface area contributed by atoms with Gasteiger partial charge in [0.05, 0.1) is 5.69 Å². The highest BCUT2D eigenvalue weighted by atomic mass is 16.5. The van der Waals surface area contributed by atoms with Gasteiger partial charge in [0.2, 0.25) is 0 Å². The lowest BCUT2D eigenvalue weighted by molar-refractivity contribution is -0.133. The molecule has 6 heteroatoms. The van der Waals surface area contributed by atoms with Crippen molar-refractivity contribution in [3.63, 3.8) is 0 Å². The molecule has 0 aromatic heterocycles. The summed E-state index contributed by atoms with van der Waals surface area (Å²) in [4.78, 5) is 24.3. The van der Waals surface area contributed by atoms with Crippen molar-refractivity contribution in [1.29, 1.82) is 0 Å². The second-order valence-electron chi connectivity index (χ2n) is 4.42. The lowest BCUT2D eigenvalue weighted by Gasteiger charge is -2.21. The molecule has 1 aromatic carbocycles. The highest BCUT2D eigenvalue weighted by molar-refractivity contribution is 5.93. The van der Waals surface area contributed by atoms with E-state index in [0.717, 1.165) is 0 Å². The number of carbonyl (C=O) groups is 2. The Hall–Kier alpha value is -2.24. The number of aromatic carboxylic acids is 1. The number of amides is 1. The molecule has 0 aliphatic carbocycles. The van der Waals surface area contributed by atoms with Crippen molar-refractivity contribution in [3.05, 3.63) is 23.8 Å². The molecule has 1 amide bonds. The van der Waals surface area contributed by atoms with E-state index in [9.17, 15) is 9.59 Å². The van der Waals surface area contributed by atoms with Gasteiger partial charge in [-0.15, -0.1) is 0 Å². The fraction of sp³-hybridized carbons (Fsp3) is 0.385. The lowest BCUT2D eigenvalue weighted by Crippen LogP contribution is -2.36. The van der Waals surface area contributed by atoms with E-state index in [1.165, 1.54) is 23.1 Å². The van der Waals surface area contributed by atoms with Crippen LogP contribution in [0.3, 0.4) is 0 Å². The standard InChI is InChI=1S/C13H18N2O4/c1-8(2)15(3)11(16)7-19-12-9(13(17)18)5-4-6-10(12)14/h4-6,8H,7,14H2,1-3H3,(H,17,18). The number of hydrogen-bond acceptors (Lipinski definition) is 4. The van der Waals surface area contributed by atoms with Crippen LogP contribution in [0.4, 0.5) is 5.69 Å². The summed E-state index contributed by atoms with van der Waals surface area (Å²) in [5.74, 6) is -1.36. The maximum Gasteiger partial charge on any atom is 0.339 e. The second-order valence-corrected chi connectivity index (χ2v) is 4.42. The zero-order valence-electron chi connectivity index (χ0n) is 11.2. The molecule has 0 fully saturated rings. The normalized spacial score (nSPS) is 10.3. The van der Waals surface area contributed by atoms with E-state index in [4.69, 9.17) is 15.6 Å². The number of ether oxygens (including phenoxy) is 1. The monoisotopic (exact) mass is 266 g/mol. The molecule has 0 radical (unpaired) electrons. The minimum atomic E-state index is -1.15. The van der Waals surface area contributed by atoms with Crippen LogP contribution in [0, 0.1) is 0 Å². The molecule has 3 N–H and O–H groups in total. The van der Waals surface area contributed by atoms with Gasteiger partial charge in [-0.1, -0.05) is 6.07 Å². The summed E-state index contributed by atoms with van der Waals surface area (Å²) < 4.78 is 5.27. The number of nitrogen functional groups attached to an aromatic ring is 1. The van der Waals surface area contributed by atoms with Crippen LogP contribution >= 0.6 is 0 Å². The zero-order valence-corrected chi connectivity index (χ0v) is 11.2. The number of hydrogen-bond donors (Lipinski definition) is 2. The van der Waals surface area contributed by atoms with Gasteiger partial charge in [0, 0.05) is 13.1 Å². The molecule has 0 aliphatic heterocycles. The summed E-state index contributed by atoms with van der Waals surface area (Å²) in [5, 5.41) is 9.02. The first kappa shape index (κ1) is 14.8. The van der Waals surface area contributed by atoms with Crippen molar-refractivity contribution in [1.82, 2.24) is 4.90 Å². The number of rotatable bonds is 5. The SMILES string of the molecule is CC(C)N(C)C(=O)COc1c(N)cccc1C(=O)O. The molecule has 1 rings (SSSR count). The number of carboxylic acid groups (broad SMARTS) is 1. The number of likely N-dealkylation sites (N-methyl/N-ethyl adjacent to an activating group) is 1. The van der Waals surface area contributed by atoms with Crippen LogP contribution in [-0.4, -0.2) is 41.6 Å². The van der Waals surface area contributed by atoms with Gasteiger partial charge in [-0.3, -0.25) is 4.79 Å². The molecule has 0 unspecified atom stereocenters. The van der Waals surface area contributed by atoms with E-state index < -0.39 is 5.97 Å². The minimum absolute atomic E-state index is 0.0282. The first-order valence-corrected chi connectivity index (χ1v) is 5.84.